The van der Waals surface area contributed by atoms with Crippen LogP contribution in [0.5, 0.6) is 0 Å². The summed E-state index contributed by atoms with van der Waals surface area (Å²) in [5, 5.41) is 3.47. The molecule has 1 aliphatic carbocycles. The van der Waals surface area contributed by atoms with Gasteiger partial charge in [0.1, 0.15) is 6.10 Å². The fourth-order valence-electron chi connectivity index (χ4n) is 5.94. The summed E-state index contributed by atoms with van der Waals surface area (Å²) >= 11 is 0. The lowest BCUT2D eigenvalue weighted by molar-refractivity contribution is -0.160. The first-order valence-corrected chi connectivity index (χ1v) is 13.2. The second kappa shape index (κ2) is 10.5. The van der Waals surface area contributed by atoms with Crippen LogP contribution >= 0.6 is 0 Å². The van der Waals surface area contributed by atoms with E-state index in [9.17, 15) is 9.59 Å². The number of benzene rings is 2. The summed E-state index contributed by atoms with van der Waals surface area (Å²) in [6, 6.07) is 15.9. The van der Waals surface area contributed by atoms with Crippen molar-refractivity contribution in [2.75, 3.05) is 12.4 Å². The standard InChI is InChI=1S/C31H39NO4/c1-6-17-31(18-16-22-20-23(28(33)35-5)13-15-26(22)32-31)29(34)36-27-19-21(2)12-14-25(27)30(3,4)24-10-8-7-9-11-24/h7-11,13,15-16,18,20-21,25,27,32H,6,12,14,17,19H2,1-5H3/t21-,25-,27-,31-/m1/s1. The number of fused-ring (bicyclic) bond motifs is 1. The maximum atomic E-state index is 13.9. The molecule has 1 fully saturated rings. The lowest BCUT2D eigenvalue weighted by Crippen LogP contribution is -2.51. The van der Waals surface area contributed by atoms with Crippen LogP contribution in [-0.2, 0) is 19.7 Å². The molecule has 1 N–H and O–H groups in total. The second-order valence-corrected chi connectivity index (χ2v) is 11.0. The topological polar surface area (TPSA) is 64.6 Å². The lowest BCUT2D eigenvalue weighted by atomic mass is 9.64. The van der Waals surface area contributed by atoms with Crippen molar-refractivity contribution in [3.8, 4) is 0 Å². The summed E-state index contributed by atoms with van der Waals surface area (Å²) in [5.41, 5.74) is 2.38. The van der Waals surface area contributed by atoms with Crippen LogP contribution in [0.3, 0.4) is 0 Å². The van der Waals surface area contributed by atoms with Gasteiger partial charge in [-0.15, -0.1) is 0 Å². The Bertz CT molecular complexity index is 1120. The molecule has 5 nitrogen and oxygen atoms in total. The SMILES string of the molecule is CCC[C@]1(C(=O)O[C@@H]2C[C@H](C)CC[C@H]2C(C)(C)c2ccccc2)C=Cc2cc(C(=O)OC)ccc2N1. The van der Waals surface area contributed by atoms with E-state index in [0.717, 1.165) is 36.9 Å². The number of carbonyl (C=O) groups is 2. The first-order valence-electron chi connectivity index (χ1n) is 13.2. The number of methoxy groups -OCH3 is 1. The summed E-state index contributed by atoms with van der Waals surface area (Å²) in [4.78, 5) is 25.9. The van der Waals surface area contributed by atoms with Crippen LogP contribution < -0.4 is 5.32 Å². The summed E-state index contributed by atoms with van der Waals surface area (Å²) in [6.45, 7) is 8.88. The Morgan fingerprint density at radius 3 is 2.56 bits per heavy atom. The highest BCUT2D eigenvalue weighted by Gasteiger charge is 2.46. The molecule has 5 heteroatoms. The quantitative estimate of drug-likeness (QED) is 0.435. The normalized spacial score (nSPS) is 25.4. The molecule has 0 unspecified atom stereocenters. The molecule has 1 heterocycles. The summed E-state index contributed by atoms with van der Waals surface area (Å²) in [7, 11) is 1.37. The number of rotatable bonds is 7. The molecule has 4 rings (SSSR count). The Kier molecular flexibility index (Phi) is 7.58. The van der Waals surface area contributed by atoms with Crippen molar-refractivity contribution in [2.24, 2.45) is 11.8 Å². The van der Waals surface area contributed by atoms with E-state index >= 15 is 0 Å². The smallest absolute Gasteiger partial charge is 0.337 e. The molecule has 0 spiro atoms. The van der Waals surface area contributed by atoms with Gasteiger partial charge in [-0.05, 0) is 66.0 Å². The number of hydrogen-bond acceptors (Lipinski definition) is 5. The van der Waals surface area contributed by atoms with Crippen LogP contribution in [0.2, 0.25) is 0 Å². The van der Waals surface area contributed by atoms with E-state index in [1.807, 2.05) is 24.3 Å². The van der Waals surface area contributed by atoms with Gasteiger partial charge in [-0.25, -0.2) is 9.59 Å². The molecule has 2 aromatic carbocycles. The van der Waals surface area contributed by atoms with Crippen molar-refractivity contribution < 1.29 is 19.1 Å². The molecule has 1 saturated carbocycles. The number of ether oxygens (including phenoxy) is 2. The summed E-state index contributed by atoms with van der Waals surface area (Å²) < 4.78 is 11.3. The minimum atomic E-state index is -0.934. The van der Waals surface area contributed by atoms with Gasteiger partial charge in [0.05, 0.1) is 12.7 Å². The number of carbonyl (C=O) groups excluding carboxylic acids is 2. The third-order valence-corrected chi connectivity index (χ3v) is 8.14. The third kappa shape index (κ3) is 5.07. The van der Waals surface area contributed by atoms with Crippen molar-refractivity contribution in [3.63, 3.8) is 0 Å². The average molecular weight is 490 g/mol. The van der Waals surface area contributed by atoms with Crippen LogP contribution in [0, 0.1) is 11.8 Å². The Hall–Kier alpha value is -3.08. The minimum Gasteiger partial charge on any atom is -0.465 e. The average Bonchev–Trinajstić information content (AvgIpc) is 2.88. The first-order chi connectivity index (χ1) is 17.2. The second-order valence-electron chi connectivity index (χ2n) is 11.0. The van der Waals surface area contributed by atoms with Gasteiger partial charge in [0.2, 0.25) is 0 Å². The van der Waals surface area contributed by atoms with E-state index in [1.165, 1.54) is 12.7 Å². The van der Waals surface area contributed by atoms with Crippen LogP contribution in [0.25, 0.3) is 6.08 Å². The zero-order chi connectivity index (χ0) is 25.9. The molecule has 2 aliphatic rings. The molecule has 0 radical (unpaired) electrons. The van der Waals surface area contributed by atoms with E-state index in [2.05, 4.69) is 57.3 Å². The molecule has 0 bridgehead atoms. The molecule has 0 aromatic heterocycles. The monoisotopic (exact) mass is 489 g/mol. The van der Waals surface area contributed by atoms with Gasteiger partial charge in [0.25, 0.3) is 0 Å². The molecule has 2 aromatic rings. The van der Waals surface area contributed by atoms with Crippen molar-refractivity contribution in [1.82, 2.24) is 0 Å². The number of esters is 2. The van der Waals surface area contributed by atoms with Gasteiger partial charge in [-0.1, -0.05) is 76.9 Å². The highest BCUT2D eigenvalue weighted by Crippen LogP contribution is 2.44. The third-order valence-electron chi connectivity index (χ3n) is 8.14. The lowest BCUT2D eigenvalue weighted by Gasteiger charge is -2.45. The van der Waals surface area contributed by atoms with E-state index in [0.29, 0.717) is 17.9 Å². The van der Waals surface area contributed by atoms with E-state index in [-0.39, 0.29) is 29.4 Å². The van der Waals surface area contributed by atoms with Gasteiger partial charge < -0.3 is 14.8 Å². The Morgan fingerprint density at radius 1 is 1.11 bits per heavy atom. The maximum Gasteiger partial charge on any atom is 0.337 e. The molecule has 192 valence electrons. The Balaban J connectivity index is 1.60. The number of nitrogens with one attached hydrogen (secondary N) is 1. The van der Waals surface area contributed by atoms with Gasteiger partial charge in [-0.2, -0.15) is 0 Å². The van der Waals surface area contributed by atoms with Crippen molar-refractivity contribution in [1.29, 1.82) is 0 Å². The fraction of sp³-hybridized carbons (Fsp3) is 0.484. The minimum absolute atomic E-state index is 0.114. The van der Waals surface area contributed by atoms with Crippen molar-refractivity contribution in [2.45, 2.75) is 76.9 Å². The highest BCUT2D eigenvalue weighted by molar-refractivity contribution is 5.95. The van der Waals surface area contributed by atoms with Crippen molar-refractivity contribution in [3.05, 3.63) is 71.3 Å². The largest absolute Gasteiger partial charge is 0.465 e. The number of anilines is 1. The zero-order valence-corrected chi connectivity index (χ0v) is 22.2. The molecule has 0 saturated heterocycles. The summed E-state index contributed by atoms with van der Waals surface area (Å²) in [6.07, 6.45) is 8.17. The van der Waals surface area contributed by atoms with E-state index in [4.69, 9.17) is 9.47 Å². The van der Waals surface area contributed by atoms with E-state index in [1.54, 1.807) is 12.1 Å². The summed E-state index contributed by atoms with van der Waals surface area (Å²) in [5.74, 6) is 0.145. The Morgan fingerprint density at radius 2 is 1.86 bits per heavy atom. The fourth-order valence-corrected chi connectivity index (χ4v) is 5.94. The molecule has 36 heavy (non-hydrogen) atoms. The van der Waals surface area contributed by atoms with Crippen LogP contribution in [0.4, 0.5) is 5.69 Å². The number of hydrogen-bond donors (Lipinski definition) is 1. The van der Waals surface area contributed by atoms with Gasteiger partial charge in [-0.3, -0.25) is 0 Å². The predicted molar refractivity (Wildman–Crippen MR) is 144 cm³/mol. The van der Waals surface area contributed by atoms with Crippen LogP contribution in [0.1, 0.15) is 81.3 Å². The molecule has 0 amide bonds. The predicted octanol–water partition coefficient (Wildman–Crippen LogP) is 6.78. The van der Waals surface area contributed by atoms with Gasteiger partial charge in [0, 0.05) is 11.6 Å². The molecular formula is C31H39NO4. The van der Waals surface area contributed by atoms with Crippen molar-refractivity contribution >= 4 is 23.7 Å². The maximum absolute atomic E-state index is 13.9. The molecule has 4 atom stereocenters. The van der Waals surface area contributed by atoms with E-state index < -0.39 is 5.54 Å². The van der Waals surface area contributed by atoms with Gasteiger partial charge >= 0.3 is 11.9 Å². The Labute approximate surface area is 215 Å². The molecule has 1 aliphatic heterocycles. The van der Waals surface area contributed by atoms with Crippen LogP contribution in [0.15, 0.2) is 54.6 Å². The zero-order valence-electron chi connectivity index (χ0n) is 22.2. The molecular weight excluding hydrogens is 450 g/mol. The highest BCUT2D eigenvalue weighted by atomic mass is 16.5. The van der Waals surface area contributed by atoms with Gasteiger partial charge in [0.15, 0.2) is 5.54 Å². The van der Waals surface area contributed by atoms with Crippen LogP contribution in [-0.4, -0.2) is 30.7 Å². The first kappa shape index (κ1) is 26.0.